The van der Waals surface area contributed by atoms with Crippen LogP contribution in [0, 0.1) is 0 Å². The van der Waals surface area contributed by atoms with Crippen molar-refractivity contribution in [2.75, 3.05) is 0 Å². The van der Waals surface area contributed by atoms with Gasteiger partial charge in [0, 0.05) is 11.6 Å². The summed E-state index contributed by atoms with van der Waals surface area (Å²) in [7, 11) is 0. The van der Waals surface area contributed by atoms with Crippen LogP contribution >= 0.6 is 0 Å². The first kappa shape index (κ1) is 12.4. The van der Waals surface area contributed by atoms with Crippen LogP contribution in [0.3, 0.4) is 0 Å². The third-order valence-electron chi connectivity index (χ3n) is 3.35. The number of pyridine rings is 1. The summed E-state index contributed by atoms with van der Waals surface area (Å²) in [5.74, 6) is 0. The second-order valence-electron chi connectivity index (χ2n) is 4.65. The van der Waals surface area contributed by atoms with Crippen molar-refractivity contribution in [1.29, 1.82) is 0 Å². The summed E-state index contributed by atoms with van der Waals surface area (Å²) >= 11 is 0. The molecule has 0 saturated heterocycles. The maximum atomic E-state index is 12.2. The zero-order valence-corrected chi connectivity index (χ0v) is 10.8. The van der Waals surface area contributed by atoms with Crippen molar-refractivity contribution in [2.24, 2.45) is 0 Å². The van der Waals surface area contributed by atoms with E-state index in [0.717, 1.165) is 17.2 Å². The van der Waals surface area contributed by atoms with E-state index in [2.05, 4.69) is 0 Å². The molecule has 0 amide bonds. The number of aldehydes is 1. The average Bonchev–Trinajstić information content (AvgIpc) is 2.50. The Morgan fingerprint density at radius 3 is 2.45 bits per heavy atom. The number of hydrogen-bond acceptors (Lipinski definition) is 2. The molecule has 0 aliphatic carbocycles. The van der Waals surface area contributed by atoms with Crippen molar-refractivity contribution in [1.82, 2.24) is 4.57 Å². The van der Waals surface area contributed by atoms with Crippen molar-refractivity contribution in [2.45, 2.75) is 6.54 Å². The van der Waals surface area contributed by atoms with Crippen LogP contribution in [0.25, 0.3) is 10.9 Å². The lowest BCUT2D eigenvalue weighted by Crippen LogP contribution is -2.20. The molecular formula is C17H13NO2. The Hall–Kier alpha value is -2.68. The number of carbonyl (C=O) groups is 1. The number of nitrogens with zero attached hydrogens (tertiary/aromatic N) is 1. The van der Waals surface area contributed by atoms with Gasteiger partial charge in [-0.3, -0.25) is 9.59 Å². The summed E-state index contributed by atoms with van der Waals surface area (Å²) in [5.41, 5.74) is 2.16. The summed E-state index contributed by atoms with van der Waals surface area (Å²) < 4.78 is 1.65. The Balaban J connectivity index is 2.26. The van der Waals surface area contributed by atoms with Crippen LogP contribution in [0.1, 0.15) is 15.9 Å². The Kier molecular flexibility index (Phi) is 3.17. The number of hydrogen-bond donors (Lipinski definition) is 0. The van der Waals surface area contributed by atoms with Gasteiger partial charge in [0.1, 0.15) is 0 Å². The maximum Gasteiger partial charge on any atom is 0.251 e. The van der Waals surface area contributed by atoms with E-state index in [4.69, 9.17) is 0 Å². The summed E-state index contributed by atoms with van der Waals surface area (Å²) in [6, 6.07) is 18.5. The SMILES string of the molecule is O=Cc1cccc2ccc(=O)n(Cc3ccccc3)c12. The molecular weight excluding hydrogens is 250 g/mol. The molecule has 3 rings (SSSR count). The minimum absolute atomic E-state index is 0.101. The molecule has 3 heteroatoms. The Morgan fingerprint density at radius 2 is 1.70 bits per heavy atom. The number of rotatable bonds is 3. The highest BCUT2D eigenvalue weighted by molar-refractivity contribution is 5.95. The summed E-state index contributed by atoms with van der Waals surface area (Å²) in [6.45, 7) is 0.460. The van der Waals surface area contributed by atoms with E-state index in [9.17, 15) is 9.59 Å². The van der Waals surface area contributed by atoms with Gasteiger partial charge in [0.2, 0.25) is 0 Å². The molecule has 0 aliphatic rings. The van der Waals surface area contributed by atoms with Crippen molar-refractivity contribution >= 4 is 17.2 Å². The fourth-order valence-electron chi connectivity index (χ4n) is 2.41. The van der Waals surface area contributed by atoms with Crippen LogP contribution in [-0.4, -0.2) is 10.9 Å². The van der Waals surface area contributed by atoms with Gasteiger partial charge in [-0.1, -0.05) is 42.5 Å². The molecule has 0 radical (unpaired) electrons. The van der Waals surface area contributed by atoms with Gasteiger partial charge in [0.15, 0.2) is 6.29 Å². The van der Waals surface area contributed by atoms with Gasteiger partial charge in [-0.15, -0.1) is 0 Å². The first-order chi connectivity index (χ1) is 9.79. The quantitative estimate of drug-likeness (QED) is 0.682. The fourth-order valence-corrected chi connectivity index (χ4v) is 2.41. The first-order valence-electron chi connectivity index (χ1n) is 6.41. The van der Waals surface area contributed by atoms with Crippen molar-refractivity contribution < 1.29 is 4.79 Å². The predicted molar refractivity (Wildman–Crippen MR) is 79.1 cm³/mol. The fraction of sp³-hybridized carbons (Fsp3) is 0.0588. The number of carbonyl (C=O) groups excluding carboxylic acids is 1. The molecule has 0 atom stereocenters. The molecule has 20 heavy (non-hydrogen) atoms. The molecule has 0 fully saturated rings. The third-order valence-corrected chi connectivity index (χ3v) is 3.35. The van der Waals surface area contributed by atoms with Crippen LogP contribution in [0.15, 0.2) is 65.5 Å². The van der Waals surface area contributed by atoms with Gasteiger partial charge < -0.3 is 4.57 Å². The molecule has 0 N–H and O–H groups in total. The second-order valence-corrected chi connectivity index (χ2v) is 4.65. The lowest BCUT2D eigenvalue weighted by molar-refractivity contribution is 0.112. The lowest BCUT2D eigenvalue weighted by atomic mass is 10.1. The highest BCUT2D eigenvalue weighted by atomic mass is 16.1. The topological polar surface area (TPSA) is 39.1 Å². The number of aromatic nitrogens is 1. The van der Waals surface area contributed by atoms with E-state index in [1.54, 1.807) is 22.8 Å². The Labute approximate surface area is 116 Å². The van der Waals surface area contributed by atoms with Crippen molar-refractivity contribution in [3.63, 3.8) is 0 Å². The third kappa shape index (κ3) is 2.14. The summed E-state index contributed by atoms with van der Waals surface area (Å²) in [6.07, 6.45) is 0.795. The molecule has 0 aliphatic heterocycles. The minimum Gasteiger partial charge on any atom is -0.303 e. The number of para-hydroxylation sites is 1. The highest BCUT2D eigenvalue weighted by Crippen LogP contribution is 2.17. The van der Waals surface area contributed by atoms with E-state index in [1.807, 2.05) is 42.5 Å². The molecule has 3 nitrogen and oxygen atoms in total. The van der Waals surface area contributed by atoms with Crippen LogP contribution in [-0.2, 0) is 6.54 Å². The molecule has 0 bridgehead atoms. The van der Waals surface area contributed by atoms with E-state index in [1.165, 1.54) is 0 Å². The Bertz CT molecular complexity index is 819. The van der Waals surface area contributed by atoms with Gasteiger partial charge >= 0.3 is 0 Å². The molecule has 2 aromatic carbocycles. The van der Waals surface area contributed by atoms with E-state index in [-0.39, 0.29) is 5.56 Å². The van der Waals surface area contributed by atoms with Gasteiger partial charge in [0.25, 0.3) is 5.56 Å². The van der Waals surface area contributed by atoms with Crippen LogP contribution in [0.4, 0.5) is 0 Å². The second kappa shape index (κ2) is 5.13. The predicted octanol–water partition coefficient (Wildman–Crippen LogP) is 2.86. The van der Waals surface area contributed by atoms with E-state index < -0.39 is 0 Å². The molecule has 0 unspecified atom stereocenters. The molecule has 0 spiro atoms. The molecule has 98 valence electrons. The van der Waals surface area contributed by atoms with Crippen molar-refractivity contribution in [3.8, 4) is 0 Å². The molecule has 1 heterocycles. The lowest BCUT2D eigenvalue weighted by Gasteiger charge is -2.11. The zero-order chi connectivity index (χ0) is 13.9. The van der Waals surface area contributed by atoms with E-state index in [0.29, 0.717) is 17.6 Å². The average molecular weight is 263 g/mol. The van der Waals surface area contributed by atoms with Gasteiger partial charge in [-0.05, 0) is 23.1 Å². The smallest absolute Gasteiger partial charge is 0.251 e. The normalized spacial score (nSPS) is 10.6. The number of fused-ring (bicyclic) bond motifs is 1. The monoisotopic (exact) mass is 263 g/mol. The van der Waals surface area contributed by atoms with Gasteiger partial charge in [-0.2, -0.15) is 0 Å². The highest BCUT2D eigenvalue weighted by Gasteiger charge is 2.07. The standard InChI is InChI=1S/C17H13NO2/c19-12-15-8-4-7-14-9-10-16(20)18(17(14)15)11-13-5-2-1-3-6-13/h1-10,12H,11H2. The molecule has 3 aromatic rings. The van der Waals surface area contributed by atoms with E-state index >= 15 is 0 Å². The minimum atomic E-state index is -0.101. The Morgan fingerprint density at radius 1 is 0.900 bits per heavy atom. The summed E-state index contributed by atoms with van der Waals surface area (Å²) in [5, 5.41) is 0.894. The maximum absolute atomic E-state index is 12.2. The van der Waals surface area contributed by atoms with Crippen molar-refractivity contribution in [3.05, 3.63) is 82.1 Å². The zero-order valence-electron chi connectivity index (χ0n) is 10.8. The molecule has 1 aromatic heterocycles. The van der Waals surface area contributed by atoms with Gasteiger partial charge in [-0.25, -0.2) is 0 Å². The molecule has 0 saturated carbocycles. The summed E-state index contributed by atoms with van der Waals surface area (Å²) in [4.78, 5) is 23.4. The van der Waals surface area contributed by atoms with Crippen LogP contribution < -0.4 is 5.56 Å². The van der Waals surface area contributed by atoms with Gasteiger partial charge in [0.05, 0.1) is 12.1 Å². The largest absolute Gasteiger partial charge is 0.303 e. The first-order valence-corrected chi connectivity index (χ1v) is 6.41. The van der Waals surface area contributed by atoms with Crippen LogP contribution in [0.2, 0.25) is 0 Å². The number of benzene rings is 2. The van der Waals surface area contributed by atoms with Crippen LogP contribution in [0.5, 0.6) is 0 Å².